The summed E-state index contributed by atoms with van der Waals surface area (Å²) in [6.07, 6.45) is 3.70. The van der Waals surface area contributed by atoms with Crippen LogP contribution in [0.15, 0.2) is 0 Å². The Kier molecular flexibility index (Phi) is 3.91. The lowest BCUT2D eigenvalue weighted by molar-refractivity contribution is -0.146. The van der Waals surface area contributed by atoms with Crippen molar-refractivity contribution in [1.82, 2.24) is 4.90 Å². The highest BCUT2D eigenvalue weighted by molar-refractivity contribution is 5.86. The van der Waals surface area contributed by atoms with Crippen molar-refractivity contribution in [2.45, 2.75) is 45.6 Å². The van der Waals surface area contributed by atoms with Gasteiger partial charge < -0.3 is 9.64 Å². The summed E-state index contributed by atoms with van der Waals surface area (Å²) < 4.78 is 5.58. The van der Waals surface area contributed by atoms with Crippen LogP contribution in [-0.2, 0) is 9.53 Å². The van der Waals surface area contributed by atoms with E-state index in [0.29, 0.717) is 31.8 Å². The van der Waals surface area contributed by atoms with Gasteiger partial charge in [-0.25, -0.2) is 0 Å². The van der Waals surface area contributed by atoms with Crippen molar-refractivity contribution in [1.29, 1.82) is 5.26 Å². The van der Waals surface area contributed by atoms with Gasteiger partial charge in [0, 0.05) is 19.7 Å². The molecule has 4 heteroatoms. The smallest absolute Gasteiger partial charge is 0.243 e. The summed E-state index contributed by atoms with van der Waals surface area (Å²) in [6, 6.07) is 2.25. The molecule has 2 rings (SSSR count). The topological polar surface area (TPSA) is 53.3 Å². The number of hydrogen-bond donors (Lipinski definition) is 0. The highest BCUT2D eigenvalue weighted by Gasteiger charge is 2.50. The largest absolute Gasteiger partial charge is 0.376 e. The zero-order valence-corrected chi connectivity index (χ0v) is 11.3. The molecule has 1 aliphatic carbocycles. The first-order chi connectivity index (χ1) is 8.61. The first kappa shape index (κ1) is 13.4. The molecular weight excluding hydrogens is 228 g/mol. The van der Waals surface area contributed by atoms with Gasteiger partial charge in [0.15, 0.2) is 0 Å². The SMILES string of the molecule is CCN(CC1CCCO1)C(=O)C1(C#N)CC(C)C1. The normalized spacial score (nSPS) is 34.7. The fourth-order valence-electron chi connectivity index (χ4n) is 3.14. The Morgan fingerprint density at radius 2 is 2.28 bits per heavy atom. The predicted octanol–water partition coefficient (Wildman–Crippen LogP) is 1.95. The molecule has 2 aliphatic rings. The molecule has 0 bridgehead atoms. The summed E-state index contributed by atoms with van der Waals surface area (Å²) in [5.74, 6) is 0.510. The van der Waals surface area contributed by atoms with E-state index in [9.17, 15) is 10.1 Å². The number of carbonyl (C=O) groups is 1. The van der Waals surface area contributed by atoms with E-state index in [1.807, 2.05) is 11.8 Å². The van der Waals surface area contributed by atoms with Crippen LogP contribution in [-0.4, -0.2) is 36.6 Å². The molecule has 100 valence electrons. The van der Waals surface area contributed by atoms with Crippen molar-refractivity contribution >= 4 is 5.91 Å². The summed E-state index contributed by atoms with van der Waals surface area (Å²) >= 11 is 0. The van der Waals surface area contributed by atoms with Crippen LogP contribution in [0.3, 0.4) is 0 Å². The van der Waals surface area contributed by atoms with E-state index in [-0.39, 0.29) is 12.0 Å². The maximum atomic E-state index is 12.5. The Balaban J connectivity index is 1.98. The lowest BCUT2D eigenvalue weighted by Gasteiger charge is -2.42. The maximum Gasteiger partial charge on any atom is 0.243 e. The van der Waals surface area contributed by atoms with E-state index in [1.165, 1.54) is 0 Å². The van der Waals surface area contributed by atoms with E-state index in [1.54, 1.807) is 0 Å². The van der Waals surface area contributed by atoms with Crippen molar-refractivity contribution in [2.75, 3.05) is 19.7 Å². The van der Waals surface area contributed by atoms with Crippen molar-refractivity contribution in [2.24, 2.45) is 11.3 Å². The highest BCUT2D eigenvalue weighted by atomic mass is 16.5. The quantitative estimate of drug-likeness (QED) is 0.766. The predicted molar refractivity (Wildman–Crippen MR) is 67.7 cm³/mol. The molecule has 1 aliphatic heterocycles. The lowest BCUT2D eigenvalue weighted by Crippen LogP contribution is -2.51. The number of nitriles is 1. The molecule has 1 heterocycles. The average Bonchev–Trinajstić information content (AvgIpc) is 2.83. The van der Waals surface area contributed by atoms with Gasteiger partial charge in [0.05, 0.1) is 12.2 Å². The molecule has 1 atom stereocenters. The summed E-state index contributed by atoms with van der Waals surface area (Å²) in [5, 5.41) is 9.30. The molecule has 0 aromatic carbocycles. The molecule has 0 aromatic rings. The van der Waals surface area contributed by atoms with Crippen LogP contribution in [0.2, 0.25) is 0 Å². The van der Waals surface area contributed by atoms with Gasteiger partial charge in [-0.3, -0.25) is 4.79 Å². The fourth-order valence-corrected chi connectivity index (χ4v) is 3.14. The maximum absolute atomic E-state index is 12.5. The van der Waals surface area contributed by atoms with E-state index >= 15 is 0 Å². The first-order valence-corrected chi connectivity index (χ1v) is 6.93. The Morgan fingerprint density at radius 3 is 2.72 bits per heavy atom. The zero-order chi connectivity index (χ0) is 13.2. The van der Waals surface area contributed by atoms with Crippen molar-refractivity contribution in [3.63, 3.8) is 0 Å². The molecule has 0 radical (unpaired) electrons. The average molecular weight is 250 g/mol. The van der Waals surface area contributed by atoms with Crippen LogP contribution >= 0.6 is 0 Å². The van der Waals surface area contributed by atoms with Gasteiger partial charge in [-0.15, -0.1) is 0 Å². The summed E-state index contributed by atoms with van der Waals surface area (Å²) in [7, 11) is 0. The number of carbonyl (C=O) groups excluding carboxylic acids is 1. The third-order valence-corrected chi connectivity index (χ3v) is 4.13. The van der Waals surface area contributed by atoms with Gasteiger partial charge >= 0.3 is 0 Å². The minimum Gasteiger partial charge on any atom is -0.376 e. The third-order valence-electron chi connectivity index (χ3n) is 4.13. The van der Waals surface area contributed by atoms with Crippen LogP contribution < -0.4 is 0 Å². The lowest BCUT2D eigenvalue weighted by atomic mass is 9.62. The van der Waals surface area contributed by atoms with Crippen molar-refractivity contribution in [3.05, 3.63) is 0 Å². The van der Waals surface area contributed by atoms with Crippen LogP contribution in [0.25, 0.3) is 0 Å². The molecule has 4 nitrogen and oxygen atoms in total. The van der Waals surface area contributed by atoms with Crippen LogP contribution in [0.1, 0.15) is 39.5 Å². The molecule has 0 N–H and O–H groups in total. The number of amides is 1. The molecule has 1 unspecified atom stereocenters. The summed E-state index contributed by atoms with van der Waals surface area (Å²) in [5.41, 5.74) is -0.742. The molecule has 1 saturated heterocycles. The second-order valence-electron chi connectivity index (χ2n) is 5.69. The molecule has 1 saturated carbocycles. The molecular formula is C14H22N2O2. The van der Waals surface area contributed by atoms with Crippen LogP contribution in [0.5, 0.6) is 0 Å². The fraction of sp³-hybridized carbons (Fsp3) is 0.857. The number of rotatable bonds is 4. The second kappa shape index (κ2) is 5.27. The van der Waals surface area contributed by atoms with Crippen LogP contribution in [0.4, 0.5) is 0 Å². The Bertz CT molecular complexity index is 349. The molecule has 0 spiro atoms. The van der Waals surface area contributed by atoms with E-state index < -0.39 is 5.41 Å². The number of likely N-dealkylation sites (N-methyl/N-ethyl adjacent to an activating group) is 1. The van der Waals surface area contributed by atoms with Gasteiger partial charge in [0.1, 0.15) is 5.41 Å². The second-order valence-corrected chi connectivity index (χ2v) is 5.69. The van der Waals surface area contributed by atoms with Gasteiger partial charge in [-0.05, 0) is 38.5 Å². The standard InChI is InChI=1S/C14H22N2O2/c1-3-16(9-12-5-4-6-18-12)13(17)14(10-15)7-11(2)8-14/h11-12H,3-9H2,1-2H3. The monoisotopic (exact) mass is 250 g/mol. The Morgan fingerprint density at radius 1 is 1.56 bits per heavy atom. The number of ether oxygens (including phenoxy) is 1. The molecule has 1 amide bonds. The molecule has 0 aromatic heterocycles. The van der Waals surface area contributed by atoms with E-state index in [0.717, 1.165) is 19.4 Å². The van der Waals surface area contributed by atoms with Gasteiger partial charge in [0.25, 0.3) is 0 Å². The third kappa shape index (κ3) is 2.37. The van der Waals surface area contributed by atoms with Crippen LogP contribution in [0, 0.1) is 22.7 Å². The van der Waals surface area contributed by atoms with Crippen molar-refractivity contribution in [3.8, 4) is 6.07 Å². The summed E-state index contributed by atoms with van der Waals surface area (Å²) in [6.45, 7) is 6.18. The minimum absolute atomic E-state index is 0.0149. The highest BCUT2D eigenvalue weighted by Crippen LogP contribution is 2.46. The molecule has 2 fully saturated rings. The van der Waals surface area contributed by atoms with Gasteiger partial charge in [-0.1, -0.05) is 6.92 Å². The number of nitrogens with zero attached hydrogens (tertiary/aromatic N) is 2. The number of hydrogen-bond acceptors (Lipinski definition) is 3. The Labute approximate surface area is 109 Å². The van der Waals surface area contributed by atoms with Crippen molar-refractivity contribution < 1.29 is 9.53 Å². The van der Waals surface area contributed by atoms with Gasteiger partial charge in [0.2, 0.25) is 5.91 Å². The van der Waals surface area contributed by atoms with Gasteiger partial charge in [-0.2, -0.15) is 5.26 Å². The van der Waals surface area contributed by atoms with E-state index in [4.69, 9.17) is 4.74 Å². The summed E-state index contributed by atoms with van der Waals surface area (Å²) in [4.78, 5) is 14.3. The molecule has 18 heavy (non-hydrogen) atoms. The minimum atomic E-state index is -0.742. The first-order valence-electron chi connectivity index (χ1n) is 6.93. The van der Waals surface area contributed by atoms with E-state index in [2.05, 4.69) is 13.0 Å². The zero-order valence-electron chi connectivity index (χ0n) is 11.3. The Hall–Kier alpha value is -1.08.